The zero-order valence-electron chi connectivity index (χ0n) is 12.6. The van der Waals surface area contributed by atoms with Crippen LogP contribution in [0.1, 0.15) is 37.0 Å². The molecule has 1 atom stereocenters. The summed E-state index contributed by atoms with van der Waals surface area (Å²) in [5, 5.41) is 3.07. The Morgan fingerprint density at radius 1 is 1.40 bits per heavy atom. The molecule has 1 aliphatic heterocycles. The maximum Gasteiger partial charge on any atom is 0.251 e. The van der Waals surface area contributed by atoms with Gasteiger partial charge in [0.2, 0.25) is 0 Å². The first-order chi connectivity index (χ1) is 9.54. The van der Waals surface area contributed by atoms with Gasteiger partial charge in [-0.1, -0.05) is 0 Å². The Morgan fingerprint density at radius 3 is 2.65 bits per heavy atom. The van der Waals surface area contributed by atoms with Crippen molar-refractivity contribution in [3.05, 3.63) is 29.8 Å². The summed E-state index contributed by atoms with van der Waals surface area (Å²) in [6, 6.07) is 7.82. The smallest absolute Gasteiger partial charge is 0.251 e. The number of hydrogen-bond donors (Lipinski definition) is 1. The lowest BCUT2D eigenvalue weighted by Crippen LogP contribution is -2.36. The van der Waals surface area contributed by atoms with Crippen LogP contribution in [0.3, 0.4) is 0 Å². The Balaban J connectivity index is 1.92. The molecule has 1 aromatic rings. The molecule has 0 spiro atoms. The molecule has 1 fully saturated rings. The molecule has 0 unspecified atom stereocenters. The van der Waals surface area contributed by atoms with Crippen molar-refractivity contribution < 1.29 is 4.79 Å². The molecular weight excluding hydrogens is 268 g/mol. The third-order valence-corrected chi connectivity index (χ3v) is 5.51. The van der Waals surface area contributed by atoms with Crippen LogP contribution in [0.2, 0.25) is 0 Å². The van der Waals surface area contributed by atoms with Gasteiger partial charge in [0.25, 0.3) is 5.91 Å². The van der Waals surface area contributed by atoms with Crippen LogP contribution in [0.15, 0.2) is 24.3 Å². The van der Waals surface area contributed by atoms with Crippen LogP contribution in [0.5, 0.6) is 0 Å². The summed E-state index contributed by atoms with van der Waals surface area (Å²) < 4.78 is 0.220. The van der Waals surface area contributed by atoms with Gasteiger partial charge in [0, 0.05) is 36.1 Å². The summed E-state index contributed by atoms with van der Waals surface area (Å²) in [5.41, 5.74) is 1.88. The molecule has 0 radical (unpaired) electrons. The Labute approximate surface area is 126 Å². The summed E-state index contributed by atoms with van der Waals surface area (Å²) in [4.78, 5) is 14.3. The minimum absolute atomic E-state index is 0.0319. The van der Waals surface area contributed by atoms with E-state index in [0.29, 0.717) is 0 Å². The lowest BCUT2D eigenvalue weighted by atomic mass is 10.1. The molecule has 4 heteroatoms. The standard InChI is InChI=1S/C16H24N2OS/c1-4-18(3)14-8-6-13(7-9-14)15(19)17-12-16(2)10-5-11-20-16/h6-9H,4-5,10-12H2,1-3H3,(H,17,19)/t16-/m1/s1. The molecule has 1 amide bonds. The first kappa shape index (κ1) is 15.2. The number of carbonyl (C=O) groups is 1. The Bertz CT molecular complexity index is 452. The van der Waals surface area contributed by atoms with Gasteiger partial charge in [-0.2, -0.15) is 11.8 Å². The molecular formula is C16H24N2OS. The normalized spacial score (nSPS) is 21.8. The van der Waals surface area contributed by atoms with Crippen molar-refractivity contribution in [3.63, 3.8) is 0 Å². The second-order valence-corrected chi connectivity index (χ2v) is 7.33. The summed E-state index contributed by atoms with van der Waals surface area (Å²) in [6.45, 7) is 6.07. The first-order valence-corrected chi connectivity index (χ1v) is 8.26. The lowest BCUT2D eigenvalue weighted by molar-refractivity contribution is 0.0950. The summed E-state index contributed by atoms with van der Waals surface area (Å²) in [6.07, 6.45) is 2.45. The third kappa shape index (κ3) is 3.69. The van der Waals surface area contributed by atoms with Gasteiger partial charge in [-0.25, -0.2) is 0 Å². The van der Waals surface area contributed by atoms with Crippen molar-refractivity contribution in [2.75, 3.05) is 30.8 Å². The summed E-state index contributed by atoms with van der Waals surface area (Å²) in [7, 11) is 2.05. The SMILES string of the molecule is CCN(C)c1ccc(C(=O)NC[C@@]2(C)CCCS2)cc1. The monoisotopic (exact) mass is 292 g/mol. The van der Waals surface area contributed by atoms with Crippen LogP contribution >= 0.6 is 11.8 Å². The van der Waals surface area contributed by atoms with E-state index < -0.39 is 0 Å². The maximum atomic E-state index is 12.2. The van der Waals surface area contributed by atoms with Crippen LogP contribution < -0.4 is 10.2 Å². The molecule has 20 heavy (non-hydrogen) atoms. The number of nitrogens with one attached hydrogen (secondary N) is 1. The highest BCUT2D eigenvalue weighted by Gasteiger charge is 2.29. The van der Waals surface area contributed by atoms with Gasteiger partial charge in [-0.15, -0.1) is 0 Å². The van der Waals surface area contributed by atoms with E-state index in [2.05, 4.69) is 24.1 Å². The molecule has 0 aromatic heterocycles. The van der Waals surface area contributed by atoms with E-state index in [4.69, 9.17) is 0 Å². The summed E-state index contributed by atoms with van der Waals surface area (Å²) in [5.74, 6) is 1.24. The number of amides is 1. The minimum atomic E-state index is 0.0319. The van der Waals surface area contributed by atoms with Gasteiger partial charge in [0.15, 0.2) is 0 Å². The minimum Gasteiger partial charge on any atom is -0.375 e. The molecule has 1 heterocycles. The van der Waals surface area contributed by atoms with Crippen LogP contribution in [0, 0.1) is 0 Å². The van der Waals surface area contributed by atoms with E-state index in [0.717, 1.165) is 24.3 Å². The fourth-order valence-electron chi connectivity index (χ4n) is 2.40. The largest absolute Gasteiger partial charge is 0.375 e. The molecule has 0 aliphatic carbocycles. The first-order valence-electron chi connectivity index (χ1n) is 7.27. The predicted molar refractivity (Wildman–Crippen MR) is 87.8 cm³/mol. The highest BCUT2D eigenvalue weighted by Crippen LogP contribution is 2.36. The second kappa shape index (κ2) is 6.53. The molecule has 110 valence electrons. The number of carbonyl (C=O) groups excluding carboxylic acids is 1. The highest BCUT2D eigenvalue weighted by atomic mass is 32.2. The van der Waals surface area contributed by atoms with Crippen molar-refractivity contribution in [2.45, 2.75) is 31.4 Å². The Kier molecular flexibility index (Phi) is 4.97. The van der Waals surface area contributed by atoms with Gasteiger partial charge in [0.05, 0.1) is 0 Å². The lowest BCUT2D eigenvalue weighted by Gasteiger charge is -2.23. The Hall–Kier alpha value is -1.16. The highest BCUT2D eigenvalue weighted by molar-refractivity contribution is 8.00. The number of benzene rings is 1. The maximum absolute atomic E-state index is 12.2. The van der Waals surface area contributed by atoms with Gasteiger partial charge in [0.1, 0.15) is 0 Å². The van der Waals surface area contributed by atoms with E-state index in [1.54, 1.807) is 0 Å². The number of nitrogens with zero attached hydrogens (tertiary/aromatic N) is 1. The molecule has 1 saturated heterocycles. The molecule has 1 aliphatic rings. The second-order valence-electron chi connectivity index (χ2n) is 5.65. The van der Waals surface area contributed by atoms with E-state index in [9.17, 15) is 4.79 Å². The quantitative estimate of drug-likeness (QED) is 0.905. The van der Waals surface area contributed by atoms with E-state index in [1.165, 1.54) is 18.6 Å². The molecule has 0 bridgehead atoms. The van der Waals surface area contributed by atoms with Crippen molar-refractivity contribution in [3.8, 4) is 0 Å². The average molecular weight is 292 g/mol. The van der Waals surface area contributed by atoms with Crippen LogP contribution in [0.4, 0.5) is 5.69 Å². The van der Waals surface area contributed by atoms with Gasteiger partial charge >= 0.3 is 0 Å². The average Bonchev–Trinajstić information content (AvgIpc) is 2.91. The number of anilines is 1. The van der Waals surface area contributed by atoms with Crippen molar-refractivity contribution in [1.29, 1.82) is 0 Å². The van der Waals surface area contributed by atoms with Crippen LogP contribution in [0.25, 0.3) is 0 Å². The molecule has 2 rings (SSSR count). The molecule has 3 nitrogen and oxygen atoms in total. The van der Waals surface area contributed by atoms with Crippen molar-refractivity contribution in [1.82, 2.24) is 5.32 Å². The van der Waals surface area contributed by atoms with Crippen LogP contribution in [-0.2, 0) is 0 Å². The number of thioether (sulfide) groups is 1. The topological polar surface area (TPSA) is 32.3 Å². The zero-order chi connectivity index (χ0) is 14.6. The van der Waals surface area contributed by atoms with Crippen molar-refractivity contribution >= 4 is 23.4 Å². The van der Waals surface area contributed by atoms with E-state index in [-0.39, 0.29) is 10.7 Å². The van der Waals surface area contributed by atoms with Gasteiger partial charge in [-0.05, 0) is 56.7 Å². The van der Waals surface area contributed by atoms with Crippen molar-refractivity contribution in [2.24, 2.45) is 0 Å². The third-order valence-electron chi connectivity index (χ3n) is 3.97. The predicted octanol–water partition coefficient (Wildman–Crippen LogP) is 3.16. The van der Waals surface area contributed by atoms with E-state index in [1.807, 2.05) is 43.1 Å². The summed E-state index contributed by atoms with van der Waals surface area (Å²) >= 11 is 1.97. The van der Waals surface area contributed by atoms with E-state index >= 15 is 0 Å². The molecule has 0 saturated carbocycles. The Morgan fingerprint density at radius 2 is 2.10 bits per heavy atom. The van der Waals surface area contributed by atoms with Gasteiger partial charge in [-0.3, -0.25) is 4.79 Å². The zero-order valence-corrected chi connectivity index (χ0v) is 13.4. The fraction of sp³-hybridized carbons (Fsp3) is 0.562. The molecule has 1 N–H and O–H groups in total. The number of rotatable bonds is 5. The molecule has 1 aromatic carbocycles. The number of hydrogen-bond acceptors (Lipinski definition) is 3. The van der Waals surface area contributed by atoms with Gasteiger partial charge < -0.3 is 10.2 Å². The fourth-order valence-corrected chi connectivity index (χ4v) is 3.64. The van der Waals surface area contributed by atoms with Crippen LogP contribution in [-0.4, -0.2) is 36.5 Å².